The normalized spacial score (nSPS) is 12.3. The summed E-state index contributed by atoms with van der Waals surface area (Å²) in [6.45, 7) is 4.56. The SMILES string of the molecule is CCOC(=O)c1cnn(-c2nc(-c3ccccc3)cs2)c1CN(C)C(C)c1ccon1. The van der Waals surface area contributed by atoms with Crippen LogP contribution in [0.4, 0.5) is 0 Å². The van der Waals surface area contributed by atoms with Crippen LogP contribution in [-0.2, 0) is 11.3 Å². The highest BCUT2D eigenvalue weighted by molar-refractivity contribution is 7.12. The van der Waals surface area contributed by atoms with Gasteiger partial charge in [-0.1, -0.05) is 35.5 Å². The highest BCUT2D eigenvalue weighted by Crippen LogP contribution is 2.27. The van der Waals surface area contributed by atoms with Gasteiger partial charge in [0.05, 0.1) is 30.2 Å². The van der Waals surface area contributed by atoms with Gasteiger partial charge in [0.25, 0.3) is 0 Å². The lowest BCUT2D eigenvalue weighted by atomic mass is 10.2. The number of hydrogen-bond donors (Lipinski definition) is 0. The zero-order valence-corrected chi connectivity index (χ0v) is 18.4. The Morgan fingerprint density at radius 2 is 2.10 bits per heavy atom. The standard InChI is InChI=1S/C22H23N5O3S/c1-4-29-21(28)17-12-23-27(20(17)13-26(3)15(2)18-10-11-30-25-18)22-24-19(14-31-22)16-8-6-5-7-9-16/h5-12,14-15H,4,13H2,1-3H3. The highest BCUT2D eigenvalue weighted by Gasteiger charge is 2.24. The average molecular weight is 438 g/mol. The molecule has 1 atom stereocenters. The molecule has 1 unspecified atom stereocenters. The van der Waals surface area contributed by atoms with Crippen molar-refractivity contribution >= 4 is 17.3 Å². The van der Waals surface area contributed by atoms with Crippen LogP contribution in [0.3, 0.4) is 0 Å². The lowest BCUT2D eigenvalue weighted by Crippen LogP contribution is -2.25. The molecule has 4 aromatic rings. The van der Waals surface area contributed by atoms with Crippen LogP contribution in [-0.4, -0.2) is 44.4 Å². The summed E-state index contributed by atoms with van der Waals surface area (Å²) in [5, 5.41) is 11.2. The summed E-state index contributed by atoms with van der Waals surface area (Å²) >= 11 is 1.47. The average Bonchev–Trinajstić information content (AvgIpc) is 3.54. The van der Waals surface area contributed by atoms with Crippen molar-refractivity contribution in [3.8, 4) is 16.4 Å². The van der Waals surface area contributed by atoms with E-state index in [-0.39, 0.29) is 6.04 Å². The predicted octanol–water partition coefficient (Wildman–Crippen LogP) is 4.35. The molecule has 0 saturated carbocycles. The summed E-state index contributed by atoms with van der Waals surface area (Å²) in [7, 11) is 1.96. The van der Waals surface area contributed by atoms with E-state index in [0.717, 1.165) is 17.0 Å². The number of carbonyl (C=O) groups excluding carboxylic acids is 1. The van der Waals surface area contributed by atoms with E-state index in [4.69, 9.17) is 14.2 Å². The van der Waals surface area contributed by atoms with Gasteiger partial charge in [0.1, 0.15) is 17.5 Å². The van der Waals surface area contributed by atoms with E-state index >= 15 is 0 Å². The first kappa shape index (κ1) is 21.0. The van der Waals surface area contributed by atoms with Gasteiger partial charge >= 0.3 is 5.97 Å². The maximum atomic E-state index is 12.6. The first-order valence-electron chi connectivity index (χ1n) is 9.94. The van der Waals surface area contributed by atoms with Crippen LogP contribution >= 0.6 is 11.3 Å². The summed E-state index contributed by atoms with van der Waals surface area (Å²) in [4.78, 5) is 19.4. The third-order valence-corrected chi connectivity index (χ3v) is 5.87. The maximum Gasteiger partial charge on any atom is 0.341 e. The molecule has 0 N–H and O–H groups in total. The fourth-order valence-electron chi connectivity index (χ4n) is 3.21. The highest BCUT2D eigenvalue weighted by atomic mass is 32.1. The molecule has 4 rings (SSSR count). The maximum absolute atomic E-state index is 12.6. The van der Waals surface area contributed by atoms with Crippen LogP contribution < -0.4 is 0 Å². The third-order valence-electron chi connectivity index (χ3n) is 5.05. The van der Waals surface area contributed by atoms with Crippen molar-refractivity contribution in [2.45, 2.75) is 26.4 Å². The summed E-state index contributed by atoms with van der Waals surface area (Å²) in [5.74, 6) is -0.397. The molecule has 0 amide bonds. The quantitative estimate of drug-likeness (QED) is 0.379. The van der Waals surface area contributed by atoms with Crippen LogP contribution in [0.25, 0.3) is 16.4 Å². The van der Waals surface area contributed by atoms with Gasteiger partial charge in [-0.15, -0.1) is 11.3 Å². The lowest BCUT2D eigenvalue weighted by molar-refractivity contribution is 0.0523. The molecule has 3 aromatic heterocycles. The second kappa shape index (κ2) is 9.23. The second-order valence-electron chi connectivity index (χ2n) is 7.03. The molecule has 8 nitrogen and oxygen atoms in total. The Labute approximate surface area is 184 Å². The molecule has 160 valence electrons. The topological polar surface area (TPSA) is 86.3 Å². The Morgan fingerprint density at radius 3 is 2.81 bits per heavy atom. The van der Waals surface area contributed by atoms with Crippen molar-refractivity contribution in [3.63, 3.8) is 0 Å². The number of esters is 1. The smallest absolute Gasteiger partial charge is 0.341 e. The first-order valence-corrected chi connectivity index (χ1v) is 10.8. The molecule has 31 heavy (non-hydrogen) atoms. The van der Waals surface area contributed by atoms with Gasteiger partial charge in [0, 0.05) is 23.6 Å². The molecule has 9 heteroatoms. The van der Waals surface area contributed by atoms with Gasteiger partial charge in [-0.3, -0.25) is 4.90 Å². The molecule has 0 spiro atoms. The van der Waals surface area contributed by atoms with Gasteiger partial charge in [-0.05, 0) is 20.9 Å². The van der Waals surface area contributed by atoms with Gasteiger partial charge in [-0.2, -0.15) is 5.10 Å². The molecule has 0 aliphatic carbocycles. The molecular formula is C22H23N5O3S. The molecule has 1 aromatic carbocycles. The number of nitrogens with zero attached hydrogens (tertiary/aromatic N) is 5. The van der Waals surface area contributed by atoms with Crippen molar-refractivity contribution in [3.05, 3.63) is 71.2 Å². The Kier molecular flexibility index (Phi) is 6.24. The Hall–Kier alpha value is -3.30. The van der Waals surface area contributed by atoms with E-state index in [1.807, 2.05) is 55.7 Å². The van der Waals surface area contributed by atoms with Crippen molar-refractivity contribution in [1.82, 2.24) is 24.8 Å². The Bertz CT molecular complexity index is 1140. The molecule has 0 aliphatic rings. The first-order chi connectivity index (χ1) is 15.1. The number of ether oxygens (including phenoxy) is 1. The Morgan fingerprint density at radius 1 is 1.29 bits per heavy atom. The van der Waals surface area contributed by atoms with Crippen molar-refractivity contribution in [2.75, 3.05) is 13.7 Å². The van der Waals surface area contributed by atoms with E-state index in [2.05, 4.69) is 15.2 Å². The number of rotatable bonds is 8. The zero-order valence-electron chi connectivity index (χ0n) is 17.6. The lowest BCUT2D eigenvalue weighted by Gasteiger charge is -2.23. The molecule has 0 saturated heterocycles. The van der Waals surface area contributed by atoms with E-state index in [1.54, 1.807) is 24.1 Å². The summed E-state index contributed by atoms with van der Waals surface area (Å²) < 4.78 is 11.9. The summed E-state index contributed by atoms with van der Waals surface area (Å²) in [6, 6.07) is 11.8. The number of aromatic nitrogens is 4. The molecular weight excluding hydrogens is 414 g/mol. The van der Waals surface area contributed by atoms with Gasteiger partial charge in [0.2, 0.25) is 5.13 Å². The Balaban J connectivity index is 1.68. The van der Waals surface area contributed by atoms with Crippen LogP contribution in [0.1, 0.15) is 41.6 Å². The third kappa shape index (κ3) is 4.42. The van der Waals surface area contributed by atoms with Crippen molar-refractivity contribution < 1.29 is 14.1 Å². The van der Waals surface area contributed by atoms with Gasteiger partial charge < -0.3 is 9.26 Å². The number of thiazole rings is 1. The minimum Gasteiger partial charge on any atom is -0.462 e. The molecule has 0 fully saturated rings. The van der Waals surface area contributed by atoms with Crippen LogP contribution in [0.15, 0.2) is 58.8 Å². The molecule has 3 heterocycles. The number of benzene rings is 1. The minimum atomic E-state index is -0.397. The summed E-state index contributed by atoms with van der Waals surface area (Å²) in [6.07, 6.45) is 3.10. The largest absolute Gasteiger partial charge is 0.462 e. The monoisotopic (exact) mass is 437 g/mol. The van der Waals surface area contributed by atoms with E-state index < -0.39 is 5.97 Å². The predicted molar refractivity (Wildman–Crippen MR) is 117 cm³/mol. The van der Waals surface area contributed by atoms with Gasteiger partial charge in [0.15, 0.2) is 0 Å². The zero-order chi connectivity index (χ0) is 21.8. The van der Waals surface area contributed by atoms with Crippen molar-refractivity contribution in [2.24, 2.45) is 0 Å². The van der Waals surface area contributed by atoms with Crippen LogP contribution in [0, 0.1) is 0 Å². The summed E-state index contributed by atoms with van der Waals surface area (Å²) in [5.41, 5.74) is 3.85. The fraction of sp³-hybridized carbons (Fsp3) is 0.273. The molecule has 0 aliphatic heterocycles. The van der Waals surface area contributed by atoms with Crippen LogP contribution in [0.2, 0.25) is 0 Å². The van der Waals surface area contributed by atoms with Crippen molar-refractivity contribution in [1.29, 1.82) is 0 Å². The fourth-order valence-corrected chi connectivity index (χ4v) is 4.02. The molecule has 0 radical (unpaired) electrons. The number of carbonyl (C=O) groups is 1. The van der Waals surface area contributed by atoms with E-state index in [9.17, 15) is 4.79 Å². The number of hydrogen-bond acceptors (Lipinski definition) is 8. The van der Waals surface area contributed by atoms with Gasteiger partial charge in [-0.25, -0.2) is 14.5 Å². The van der Waals surface area contributed by atoms with Crippen LogP contribution in [0.5, 0.6) is 0 Å². The van der Waals surface area contributed by atoms with E-state index in [1.165, 1.54) is 11.3 Å². The van der Waals surface area contributed by atoms with E-state index in [0.29, 0.717) is 29.5 Å². The second-order valence-corrected chi connectivity index (χ2v) is 7.87. The minimum absolute atomic E-state index is 0.0201. The molecule has 0 bridgehead atoms.